The Labute approximate surface area is 108 Å². The second-order valence-corrected chi connectivity index (χ2v) is 4.72. The van der Waals surface area contributed by atoms with E-state index < -0.39 is 0 Å². The highest BCUT2D eigenvalue weighted by atomic mass is 79.9. The predicted molar refractivity (Wildman–Crippen MR) is 69.1 cm³/mol. The smallest absolute Gasteiger partial charge is 0.132 e. The Morgan fingerprint density at radius 3 is 2.88 bits per heavy atom. The number of nitrogens with two attached hydrogens (primary N) is 1. The summed E-state index contributed by atoms with van der Waals surface area (Å²) in [6.45, 7) is 0.555. The van der Waals surface area contributed by atoms with Gasteiger partial charge in [0, 0.05) is 29.2 Å². The Morgan fingerprint density at radius 2 is 2.18 bits per heavy atom. The number of rotatable bonds is 3. The summed E-state index contributed by atoms with van der Waals surface area (Å²) in [5.74, 6) is -0.273. The van der Waals surface area contributed by atoms with Gasteiger partial charge in [-0.05, 0) is 30.8 Å². The van der Waals surface area contributed by atoms with Crippen molar-refractivity contribution in [2.24, 2.45) is 12.8 Å². The molecule has 1 heterocycles. The summed E-state index contributed by atoms with van der Waals surface area (Å²) >= 11 is 3.33. The zero-order chi connectivity index (χ0) is 12.4. The molecule has 0 unspecified atom stereocenters. The van der Waals surface area contributed by atoms with Crippen molar-refractivity contribution in [1.29, 1.82) is 0 Å². The van der Waals surface area contributed by atoms with Crippen molar-refractivity contribution in [3.8, 4) is 11.3 Å². The van der Waals surface area contributed by atoms with Crippen LogP contribution in [0.4, 0.5) is 4.39 Å². The van der Waals surface area contributed by atoms with Gasteiger partial charge in [0.15, 0.2) is 0 Å². The number of halogens is 2. The first-order valence-electron chi connectivity index (χ1n) is 5.30. The molecule has 90 valence electrons. The summed E-state index contributed by atoms with van der Waals surface area (Å²) in [6, 6.07) is 6.70. The van der Waals surface area contributed by atoms with Gasteiger partial charge in [-0.3, -0.25) is 4.68 Å². The monoisotopic (exact) mass is 297 g/mol. The van der Waals surface area contributed by atoms with E-state index in [4.69, 9.17) is 5.73 Å². The third kappa shape index (κ3) is 2.56. The fraction of sp³-hybridized carbons (Fsp3) is 0.250. The molecular weight excluding hydrogens is 285 g/mol. The number of benzene rings is 1. The molecule has 0 saturated heterocycles. The first-order chi connectivity index (χ1) is 8.11. The molecule has 1 aromatic heterocycles. The molecular formula is C12H13BrFN3. The molecule has 1 aromatic carbocycles. The Bertz CT molecular complexity index is 537. The molecule has 2 rings (SSSR count). The van der Waals surface area contributed by atoms with Crippen LogP contribution >= 0.6 is 15.9 Å². The van der Waals surface area contributed by atoms with E-state index in [2.05, 4.69) is 21.0 Å². The molecule has 0 amide bonds. The van der Waals surface area contributed by atoms with E-state index in [9.17, 15) is 4.39 Å². The quantitative estimate of drug-likeness (QED) is 0.946. The molecule has 0 radical (unpaired) electrons. The van der Waals surface area contributed by atoms with Gasteiger partial charge in [0.1, 0.15) is 5.82 Å². The highest BCUT2D eigenvalue weighted by Crippen LogP contribution is 2.25. The second-order valence-electron chi connectivity index (χ2n) is 3.81. The van der Waals surface area contributed by atoms with Crippen molar-refractivity contribution < 1.29 is 4.39 Å². The fourth-order valence-corrected chi connectivity index (χ4v) is 2.07. The topological polar surface area (TPSA) is 43.8 Å². The van der Waals surface area contributed by atoms with Gasteiger partial charge >= 0.3 is 0 Å². The lowest BCUT2D eigenvalue weighted by atomic mass is 10.1. The largest absolute Gasteiger partial charge is 0.330 e. The lowest BCUT2D eigenvalue weighted by Crippen LogP contribution is -2.06. The lowest BCUT2D eigenvalue weighted by molar-refractivity contribution is 0.629. The summed E-state index contributed by atoms with van der Waals surface area (Å²) in [4.78, 5) is 0. The maximum absolute atomic E-state index is 13.7. The zero-order valence-electron chi connectivity index (χ0n) is 9.45. The van der Waals surface area contributed by atoms with Gasteiger partial charge in [0.05, 0.1) is 5.69 Å². The summed E-state index contributed by atoms with van der Waals surface area (Å²) in [7, 11) is 1.84. The van der Waals surface area contributed by atoms with Gasteiger partial charge in [0.2, 0.25) is 0 Å². The molecule has 0 fully saturated rings. The Kier molecular flexibility index (Phi) is 3.59. The van der Waals surface area contributed by atoms with Gasteiger partial charge in [0.25, 0.3) is 0 Å². The minimum absolute atomic E-state index is 0.273. The molecule has 0 spiro atoms. The summed E-state index contributed by atoms with van der Waals surface area (Å²) in [5, 5.41) is 4.30. The zero-order valence-corrected chi connectivity index (χ0v) is 11.0. The summed E-state index contributed by atoms with van der Waals surface area (Å²) < 4.78 is 16.3. The molecule has 3 nitrogen and oxygen atoms in total. The molecule has 2 N–H and O–H groups in total. The average molecular weight is 298 g/mol. The Balaban J connectivity index is 2.45. The van der Waals surface area contributed by atoms with Crippen LogP contribution < -0.4 is 5.73 Å². The minimum Gasteiger partial charge on any atom is -0.330 e. The first-order valence-corrected chi connectivity index (χ1v) is 6.09. The number of aryl methyl sites for hydroxylation is 1. The number of hydrogen-bond donors (Lipinski definition) is 1. The van der Waals surface area contributed by atoms with Crippen LogP contribution in [-0.4, -0.2) is 16.3 Å². The molecule has 5 heteroatoms. The van der Waals surface area contributed by atoms with Crippen molar-refractivity contribution in [1.82, 2.24) is 9.78 Å². The Morgan fingerprint density at radius 1 is 1.41 bits per heavy atom. The Hall–Kier alpha value is -1.20. The van der Waals surface area contributed by atoms with E-state index in [1.165, 1.54) is 6.07 Å². The SMILES string of the molecule is Cn1nc(-c2cc(Br)ccc2F)cc1CCN. The molecule has 0 aliphatic carbocycles. The van der Waals surface area contributed by atoms with Crippen LogP contribution in [0.3, 0.4) is 0 Å². The average Bonchev–Trinajstić information content (AvgIpc) is 2.64. The van der Waals surface area contributed by atoms with E-state index in [1.54, 1.807) is 16.8 Å². The molecule has 0 aliphatic heterocycles. The molecule has 0 atom stereocenters. The lowest BCUT2D eigenvalue weighted by Gasteiger charge is -1.99. The highest BCUT2D eigenvalue weighted by Gasteiger charge is 2.11. The minimum atomic E-state index is -0.273. The van der Waals surface area contributed by atoms with Crippen molar-refractivity contribution >= 4 is 15.9 Å². The van der Waals surface area contributed by atoms with Crippen LogP contribution in [0.1, 0.15) is 5.69 Å². The van der Waals surface area contributed by atoms with Gasteiger partial charge in [-0.2, -0.15) is 5.10 Å². The van der Waals surface area contributed by atoms with Crippen LogP contribution in [0.25, 0.3) is 11.3 Å². The first kappa shape index (κ1) is 12.3. The molecule has 0 aliphatic rings. The van der Waals surface area contributed by atoms with Gasteiger partial charge in [-0.1, -0.05) is 15.9 Å². The van der Waals surface area contributed by atoms with Gasteiger partial charge in [-0.25, -0.2) is 4.39 Å². The van der Waals surface area contributed by atoms with E-state index >= 15 is 0 Å². The van der Waals surface area contributed by atoms with Crippen LogP contribution in [0.15, 0.2) is 28.7 Å². The fourth-order valence-electron chi connectivity index (χ4n) is 1.71. The van der Waals surface area contributed by atoms with E-state index in [-0.39, 0.29) is 5.82 Å². The second kappa shape index (κ2) is 4.98. The van der Waals surface area contributed by atoms with Crippen LogP contribution in [0, 0.1) is 5.82 Å². The normalized spacial score (nSPS) is 10.8. The highest BCUT2D eigenvalue weighted by molar-refractivity contribution is 9.10. The maximum Gasteiger partial charge on any atom is 0.132 e. The van der Waals surface area contributed by atoms with Gasteiger partial charge in [-0.15, -0.1) is 0 Å². The van der Waals surface area contributed by atoms with Crippen molar-refractivity contribution in [2.75, 3.05) is 6.54 Å². The maximum atomic E-state index is 13.7. The van der Waals surface area contributed by atoms with Crippen molar-refractivity contribution in [2.45, 2.75) is 6.42 Å². The molecule has 17 heavy (non-hydrogen) atoms. The van der Waals surface area contributed by atoms with Crippen LogP contribution in [-0.2, 0) is 13.5 Å². The predicted octanol–water partition coefficient (Wildman–Crippen LogP) is 2.49. The van der Waals surface area contributed by atoms with Crippen molar-refractivity contribution in [3.05, 3.63) is 40.2 Å². The van der Waals surface area contributed by atoms with Gasteiger partial charge < -0.3 is 5.73 Å². The standard InChI is InChI=1S/C12H13BrFN3/c1-17-9(4-5-15)7-12(16-17)10-6-8(13)2-3-11(10)14/h2-3,6-7H,4-5,15H2,1H3. The molecule has 0 bridgehead atoms. The van der Waals surface area contributed by atoms with Crippen LogP contribution in [0.5, 0.6) is 0 Å². The van der Waals surface area contributed by atoms with E-state index in [1.807, 2.05) is 13.1 Å². The van der Waals surface area contributed by atoms with Crippen LogP contribution in [0.2, 0.25) is 0 Å². The summed E-state index contributed by atoms with van der Waals surface area (Å²) in [5.41, 5.74) is 7.64. The molecule has 2 aromatic rings. The third-order valence-electron chi connectivity index (χ3n) is 2.58. The van der Waals surface area contributed by atoms with E-state index in [0.29, 0.717) is 17.8 Å². The number of hydrogen-bond acceptors (Lipinski definition) is 2. The molecule has 0 saturated carbocycles. The van der Waals surface area contributed by atoms with Crippen molar-refractivity contribution in [3.63, 3.8) is 0 Å². The summed E-state index contributed by atoms with van der Waals surface area (Å²) in [6.07, 6.45) is 0.735. The van der Waals surface area contributed by atoms with E-state index in [0.717, 1.165) is 16.6 Å². The number of nitrogens with zero attached hydrogens (tertiary/aromatic N) is 2. The number of aromatic nitrogens is 2. The third-order valence-corrected chi connectivity index (χ3v) is 3.07.